The molecule has 5 heteroatoms. The Bertz CT molecular complexity index is 535. The van der Waals surface area contributed by atoms with Crippen molar-refractivity contribution in [3.8, 4) is 0 Å². The molecule has 0 bridgehead atoms. The van der Waals surface area contributed by atoms with Gasteiger partial charge in [0.05, 0.1) is 10.3 Å². The molecule has 1 heterocycles. The summed E-state index contributed by atoms with van der Waals surface area (Å²) in [4.78, 5) is 24.9. The monoisotopic (exact) mass is 262 g/mol. The Labute approximate surface area is 112 Å². The Morgan fingerprint density at radius 3 is 2.37 bits per heavy atom. The van der Waals surface area contributed by atoms with Gasteiger partial charge in [0.25, 0.3) is 5.69 Å². The molecule has 2 rings (SSSR count). The van der Waals surface area contributed by atoms with Crippen LogP contribution in [0.15, 0.2) is 18.2 Å². The zero-order chi connectivity index (χ0) is 14.2. The molecule has 1 aromatic carbocycles. The van der Waals surface area contributed by atoms with Crippen molar-refractivity contribution in [1.82, 2.24) is 0 Å². The van der Waals surface area contributed by atoms with Gasteiger partial charge in [0.1, 0.15) is 0 Å². The van der Waals surface area contributed by atoms with E-state index in [9.17, 15) is 14.9 Å². The molecule has 0 N–H and O–H groups in total. The quantitative estimate of drug-likeness (QED) is 0.619. The smallest absolute Gasteiger partial charge is 0.269 e. The molecule has 5 nitrogen and oxygen atoms in total. The molecule has 0 radical (unpaired) electrons. The van der Waals surface area contributed by atoms with Gasteiger partial charge < -0.3 is 4.90 Å². The lowest BCUT2D eigenvalue weighted by Crippen LogP contribution is -2.39. The number of nitro groups is 1. The number of rotatable bonds is 4. The SMILES string of the molecule is CCN1C(=O)C(CC)(CC)c2cc([N+](=O)[O-])ccc21. The Morgan fingerprint density at radius 2 is 1.89 bits per heavy atom. The van der Waals surface area contributed by atoms with E-state index in [0.717, 1.165) is 11.3 Å². The zero-order valence-corrected chi connectivity index (χ0v) is 11.5. The summed E-state index contributed by atoms with van der Waals surface area (Å²) >= 11 is 0. The summed E-state index contributed by atoms with van der Waals surface area (Å²) in [7, 11) is 0. The van der Waals surface area contributed by atoms with Gasteiger partial charge in [-0.3, -0.25) is 14.9 Å². The van der Waals surface area contributed by atoms with Crippen LogP contribution in [-0.4, -0.2) is 17.4 Å². The second-order valence-corrected chi connectivity index (χ2v) is 4.80. The molecular weight excluding hydrogens is 244 g/mol. The molecule has 1 aromatic rings. The van der Waals surface area contributed by atoms with Crippen LogP contribution in [0.1, 0.15) is 39.2 Å². The van der Waals surface area contributed by atoms with Gasteiger partial charge in [-0.15, -0.1) is 0 Å². The number of amides is 1. The van der Waals surface area contributed by atoms with Crippen molar-refractivity contribution in [2.45, 2.75) is 39.0 Å². The predicted molar refractivity (Wildman–Crippen MR) is 73.4 cm³/mol. The van der Waals surface area contributed by atoms with E-state index in [0.29, 0.717) is 19.4 Å². The van der Waals surface area contributed by atoms with E-state index in [-0.39, 0.29) is 11.6 Å². The van der Waals surface area contributed by atoms with Crippen molar-refractivity contribution in [2.24, 2.45) is 0 Å². The number of nitrogens with zero attached hydrogens (tertiary/aromatic N) is 2. The highest BCUT2D eigenvalue weighted by molar-refractivity contribution is 6.08. The molecule has 0 aliphatic carbocycles. The van der Waals surface area contributed by atoms with Gasteiger partial charge in [-0.05, 0) is 31.4 Å². The van der Waals surface area contributed by atoms with E-state index in [2.05, 4.69) is 0 Å². The number of anilines is 1. The summed E-state index contributed by atoms with van der Waals surface area (Å²) in [6.07, 6.45) is 1.32. The molecule has 1 amide bonds. The van der Waals surface area contributed by atoms with Crippen LogP contribution >= 0.6 is 0 Å². The second kappa shape index (κ2) is 4.64. The van der Waals surface area contributed by atoms with Crippen LogP contribution in [0.2, 0.25) is 0 Å². The van der Waals surface area contributed by atoms with Crippen molar-refractivity contribution < 1.29 is 9.72 Å². The van der Waals surface area contributed by atoms with Crippen molar-refractivity contribution in [2.75, 3.05) is 11.4 Å². The van der Waals surface area contributed by atoms with Gasteiger partial charge >= 0.3 is 0 Å². The standard InChI is InChI=1S/C14H18N2O3/c1-4-14(5-2)11-9-10(16(18)19)7-8-12(11)15(6-3)13(14)17/h7-9H,4-6H2,1-3H3. The molecule has 0 spiro atoms. The molecule has 0 unspecified atom stereocenters. The summed E-state index contributed by atoms with van der Waals surface area (Å²) in [5, 5.41) is 10.9. The lowest BCUT2D eigenvalue weighted by molar-refractivity contribution is -0.384. The minimum atomic E-state index is -0.600. The highest BCUT2D eigenvalue weighted by atomic mass is 16.6. The van der Waals surface area contributed by atoms with Gasteiger partial charge in [0.15, 0.2) is 0 Å². The maximum atomic E-state index is 12.6. The summed E-state index contributed by atoms with van der Waals surface area (Å²) < 4.78 is 0. The first-order valence-electron chi connectivity index (χ1n) is 6.62. The van der Waals surface area contributed by atoms with Crippen LogP contribution in [0.4, 0.5) is 11.4 Å². The average Bonchev–Trinajstić information content (AvgIpc) is 2.66. The number of non-ortho nitro benzene ring substituents is 1. The highest BCUT2D eigenvalue weighted by Gasteiger charge is 2.48. The molecule has 1 aliphatic rings. The summed E-state index contributed by atoms with van der Waals surface area (Å²) in [5.74, 6) is 0.0653. The van der Waals surface area contributed by atoms with Crippen molar-refractivity contribution >= 4 is 17.3 Å². The molecule has 0 saturated heterocycles. The molecule has 102 valence electrons. The third-order valence-corrected chi connectivity index (χ3v) is 4.18. The number of hydrogen-bond acceptors (Lipinski definition) is 3. The van der Waals surface area contributed by atoms with Gasteiger partial charge in [-0.2, -0.15) is 0 Å². The first kappa shape index (κ1) is 13.5. The lowest BCUT2D eigenvalue weighted by atomic mass is 9.77. The average molecular weight is 262 g/mol. The normalized spacial score (nSPS) is 16.6. The van der Waals surface area contributed by atoms with Crippen LogP contribution in [0.25, 0.3) is 0 Å². The van der Waals surface area contributed by atoms with Crippen molar-refractivity contribution in [3.05, 3.63) is 33.9 Å². The van der Waals surface area contributed by atoms with Crippen LogP contribution in [-0.2, 0) is 10.2 Å². The lowest BCUT2D eigenvalue weighted by Gasteiger charge is -2.25. The van der Waals surface area contributed by atoms with Crippen LogP contribution in [0.5, 0.6) is 0 Å². The minimum absolute atomic E-state index is 0.0516. The van der Waals surface area contributed by atoms with Crippen LogP contribution in [0, 0.1) is 10.1 Å². The van der Waals surface area contributed by atoms with Gasteiger partial charge in [-0.25, -0.2) is 0 Å². The van der Waals surface area contributed by atoms with Crippen LogP contribution in [0.3, 0.4) is 0 Å². The second-order valence-electron chi connectivity index (χ2n) is 4.80. The third kappa shape index (κ3) is 1.72. The van der Waals surface area contributed by atoms with Gasteiger partial charge in [0, 0.05) is 24.4 Å². The van der Waals surface area contributed by atoms with Gasteiger partial charge in [-0.1, -0.05) is 13.8 Å². The highest BCUT2D eigenvalue weighted by Crippen LogP contribution is 2.47. The summed E-state index contributed by atoms with van der Waals surface area (Å²) in [6, 6.07) is 4.73. The number of fused-ring (bicyclic) bond motifs is 1. The Kier molecular flexibility index (Phi) is 3.30. The fraction of sp³-hybridized carbons (Fsp3) is 0.500. The van der Waals surface area contributed by atoms with E-state index in [1.807, 2.05) is 20.8 Å². The molecule has 0 fully saturated rings. The minimum Gasteiger partial charge on any atom is -0.312 e. The number of nitro benzene ring substituents is 1. The summed E-state index contributed by atoms with van der Waals surface area (Å²) in [6.45, 7) is 6.43. The predicted octanol–water partition coefficient (Wildman–Crippen LogP) is 3.02. The largest absolute Gasteiger partial charge is 0.312 e. The molecular formula is C14H18N2O3. The first-order chi connectivity index (χ1) is 9.01. The van der Waals surface area contributed by atoms with E-state index >= 15 is 0 Å². The molecule has 0 aromatic heterocycles. The number of likely N-dealkylation sites (N-methyl/N-ethyl adjacent to an activating group) is 1. The third-order valence-electron chi connectivity index (χ3n) is 4.18. The van der Waals surface area contributed by atoms with E-state index in [1.54, 1.807) is 17.0 Å². The molecule has 19 heavy (non-hydrogen) atoms. The molecule has 0 atom stereocenters. The molecule has 0 saturated carbocycles. The van der Waals surface area contributed by atoms with E-state index in [4.69, 9.17) is 0 Å². The number of hydrogen-bond donors (Lipinski definition) is 0. The maximum absolute atomic E-state index is 12.6. The first-order valence-corrected chi connectivity index (χ1v) is 6.62. The van der Waals surface area contributed by atoms with Crippen molar-refractivity contribution in [3.63, 3.8) is 0 Å². The number of carbonyl (C=O) groups is 1. The number of benzene rings is 1. The Hall–Kier alpha value is -1.91. The van der Waals surface area contributed by atoms with E-state index in [1.165, 1.54) is 6.07 Å². The van der Waals surface area contributed by atoms with Crippen molar-refractivity contribution in [1.29, 1.82) is 0 Å². The number of carbonyl (C=O) groups excluding carboxylic acids is 1. The fourth-order valence-electron chi connectivity index (χ4n) is 2.99. The topological polar surface area (TPSA) is 63.5 Å². The Morgan fingerprint density at radius 1 is 1.26 bits per heavy atom. The Balaban J connectivity index is 2.68. The van der Waals surface area contributed by atoms with E-state index < -0.39 is 10.3 Å². The zero-order valence-electron chi connectivity index (χ0n) is 11.5. The van der Waals surface area contributed by atoms with Gasteiger partial charge in [0.2, 0.25) is 5.91 Å². The van der Waals surface area contributed by atoms with Crippen LogP contribution < -0.4 is 4.90 Å². The fourth-order valence-corrected chi connectivity index (χ4v) is 2.99. The summed E-state index contributed by atoms with van der Waals surface area (Å²) in [5.41, 5.74) is 1.08. The molecule has 1 aliphatic heterocycles. The maximum Gasteiger partial charge on any atom is 0.269 e.